The topological polar surface area (TPSA) is 48.6 Å². The van der Waals surface area contributed by atoms with Gasteiger partial charge in [0.1, 0.15) is 0 Å². The average molecular weight is 324 g/mol. The fourth-order valence-corrected chi connectivity index (χ4v) is 2.53. The lowest BCUT2D eigenvalue weighted by Crippen LogP contribution is -1.99. The van der Waals surface area contributed by atoms with Gasteiger partial charge in [0.15, 0.2) is 0 Å². The molecular formula is C13H8BrClN2O. The molecule has 5 heteroatoms. The Labute approximate surface area is 116 Å². The number of nitrogens with one attached hydrogen (secondary N) is 2. The summed E-state index contributed by atoms with van der Waals surface area (Å²) in [4.78, 5) is 16.7. The highest BCUT2D eigenvalue weighted by Gasteiger charge is 2.07. The van der Waals surface area contributed by atoms with Crippen LogP contribution in [0.3, 0.4) is 0 Å². The molecule has 2 aromatic carbocycles. The van der Waals surface area contributed by atoms with Gasteiger partial charge in [-0.05, 0) is 39.7 Å². The van der Waals surface area contributed by atoms with E-state index in [-0.39, 0.29) is 5.69 Å². The summed E-state index contributed by atoms with van der Waals surface area (Å²) in [5.41, 5.74) is 3.24. The first-order chi connectivity index (χ1) is 8.65. The quantitative estimate of drug-likeness (QED) is 0.700. The Balaban J connectivity index is 2.25. The number of rotatable bonds is 1. The number of aromatic amines is 2. The molecule has 3 aromatic rings. The van der Waals surface area contributed by atoms with Gasteiger partial charge in [-0.1, -0.05) is 29.8 Å². The number of benzene rings is 2. The smallest absolute Gasteiger partial charge is 0.306 e. The predicted molar refractivity (Wildman–Crippen MR) is 77.1 cm³/mol. The molecule has 0 aliphatic heterocycles. The van der Waals surface area contributed by atoms with E-state index in [0.717, 1.165) is 26.6 Å². The molecule has 3 nitrogen and oxygen atoms in total. The normalized spacial score (nSPS) is 11.0. The minimum absolute atomic E-state index is 0.206. The number of H-pyrrole nitrogens is 2. The summed E-state index contributed by atoms with van der Waals surface area (Å²) < 4.78 is 0.851. The van der Waals surface area contributed by atoms with Crippen molar-refractivity contribution in [2.45, 2.75) is 0 Å². The maximum Gasteiger partial charge on any atom is 0.323 e. The molecule has 1 heterocycles. The molecule has 0 amide bonds. The van der Waals surface area contributed by atoms with Gasteiger partial charge in [0.05, 0.1) is 16.1 Å². The molecule has 0 aliphatic carbocycles. The van der Waals surface area contributed by atoms with Crippen LogP contribution in [0, 0.1) is 0 Å². The van der Waals surface area contributed by atoms with Crippen LogP contribution in [0.2, 0.25) is 5.02 Å². The van der Waals surface area contributed by atoms with Crippen molar-refractivity contribution in [2.75, 3.05) is 0 Å². The fourth-order valence-electron chi connectivity index (χ4n) is 1.93. The average Bonchev–Trinajstić information content (AvgIpc) is 2.71. The summed E-state index contributed by atoms with van der Waals surface area (Å²) in [6.45, 7) is 0. The Bertz CT molecular complexity index is 791. The van der Waals surface area contributed by atoms with Crippen molar-refractivity contribution in [1.82, 2.24) is 9.97 Å². The van der Waals surface area contributed by atoms with E-state index in [4.69, 9.17) is 11.6 Å². The SMILES string of the molecule is O=c1[nH]c2ccc(-c3cccc(Br)c3Cl)cc2[nH]1. The predicted octanol–water partition coefficient (Wildman–Crippen LogP) is 3.94. The Morgan fingerprint density at radius 2 is 1.83 bits per heavy atom. The highest BCUT2D eigenvalue weighted by Crippen LogP contribution is 2.34. The number of imidazole rings is 1. The lowest BCUT2D eigenvalue weighted by molar-refractivity contribution is 1.22. The van der Waals surface area contributed by atoms with Crippen LogP contribution < -0.4 is 5.69 Å². The summed E-state index contributed by atoms with van der Waals surface area (Å²) >= 11 is 9.66. The number of aromatic nitrogens is 2. The zero-order valence-electron chi connectivity index (χ0n) is 9.13. The van der Waals surface area contributed by atoms with E-state index in [1.54, 1.807) is 0 Å². The largest absolute Gasteiger partial charge is 0.323 e. The van der Waals surface area contributed by atoms with Crippen LogP contribution in [0.4, 0.5) is 0 Å². The van der Waals surface area contributed by atoms with Crippen molar-refractivity contribution in [3.63, 3.8) is 0 Å². The summed E-state index contributed by atoms with van der Waals surface area (Å²) in [5, 5.41) is 0.662. The maximum absolute atomic E-state index is 11.2. The maximum atomic E-state index is 11.2. The van der Waals surface area contributed by atoms with Gasteiger partial charge in [0.2, 0.25) is 0 Å². The van der Waals surface area contributed by atoms with Crippen molar-refractivity contribution in [3.05, 3.63) is 56.4 Å². The van der Waals surface area contributed by atoms with Gasteiger partial charge in [0, 0.05) is 10.0 Å². The fraction of sp³-hybridized carbons (Fsp3) is 0. The van der Waals surface area contributed by atoms with Crippen molar-refractivity contribution >= 4 is 38.6 Å². The van der Waals surface area contributed by atoms with Crippen LogP contribution in [0.15, 0.2) is 45.7 Å². The Morgan fingerprint density at radius 3 is 2.67 bits per heavy atom. The zero-order chi connectivity index (χ0) is 12.7. The summed E-state index contributed by atoms with van der Waals surface area (Å²) in [5.74, 6) is 0. The molecule has 1 aromatic heterocycles. The monoisotopic (exact) mass is 322 g/mol. The minimum atomic E-state index is -0.206. The molecule has 0 atom stereocenters. The van der Waals surface area contributed by atoms with Crippen LogP contribution >= 0.6 is 27.5 Å². The summed E-state index contributed by atoms with van der Waals surface area (Å²) in [7, 11) is 0. The van der Waals surface area contributed by atoms with Crippen LogP contribution in [-0.4, -0.2) is 9.97 Å². The third kappa shape index (κ3) is 1.87. The number of hydrogen-bond acceptors (Lipinski definition) is 1. The van der Waals surface area contributed by atoms with E-state index in [9.17, 15) is 4.79 Å². The first kappa shape index (κ1) is 11.6. The second kappa shape index (κ2) is 4.30. The van der Waals surface area contributed by atoms with E-state index >= 15 is 0 Å². The van der Waals surface area contributed by atoms with E-state index in [1.165, 1.54) is 0 Å². The molecular weight excluding hydrogens is 316 g/mol. The van der Waals surface area contributed by atoms with Crippen molar-refractivity contribution < 1.29 is 0 Å². The molecule has 0 unspecified atom stereocenters. The Morgan fingerprint density at radius 1 is 1.06 bits per heavy atom. The highest BCUT2D eigenvalue weighted by molar-refractivity contribution is 9.10. The van der Waals surface area contributed by atoms with Gasteiger partial charge in [0.25, 0.3) is 0 Å². The van der Waals surface area contributed by atoms with Gasteiger partial charge in [-0.2, -0.15) is 0 Å². The molecule has 90 valence electrons. The Hall–Kier alpha value is -1.52. The van der Waals surface area contributed by atoms with Gasteiger partial charge < -0.3 is 9.97 Å². The molecule has 0 bridgehead atoms. The van der Waals surface area contributed by atoms with Crippen LogP contribution in [-0.2, 0) is 0 Å². The lowest BCUT2D eigenvalue weighted by Gasteiger charge is -2.06. The molecule has 3 rings (SSSR count). The van der Waals surface area contributed by atoms with Crippen molar-refractivity contribution in [2.24, 2.45) is 0 Å². The third-order valence-corrected chi connectivity index (χ3v) is 4.07. The van der Waals surface area contributed by atoms with E-state index in [2.05, 4.69) is 25.9 Å². The zero-order valence-corrected chi connectivity index (χ0v) is 11.5. The second-order valence-corrected chi connectivity index (χ2v) is 5.17. The van der Waals surface area contributed by atoms with Gasteiger partial charge in [-0.3, -0.25) is 0 Å². The lowest BCUT2D eigenvalue weighted by atomic mass is 10.1. The molecule has 0 spiro atoms. The second-order valence-electron chi connectivity index (χ2n) is 3.94. The summed E-state index contributed by atoms with van der Waals surface area (Å²) in [6.07, 6.45) is 0. The molecule has 0 saturated carbocycles. The highest BCUT2D eigenvalue weighted by atomic mass is 79.9. The van der Waals surface area contributed by atoms with Crippen molar-refractivity contribution in [1.29, 1.82) is 0 Å². The molecule has 18 heavy (non-hydrogen) atoms. The minimum Gasteiger partial charge on any atom is -0.306 e. The standard InChI is InChI=1S/C13H8BrClN2O/c14-9-3-1-2-8(12(9)15)7-4-5-10-11(6-7)17-13(18)16-10/h1-6H,(H2,16,17,18). The first-order valence-electron chi connectivity index (χ1n) is 5.31. The van der Waals surface area contributed by atoms with E-state index < -0.39 is 0 Å². The molecule has 0 fully saturated rings. The first-order valence-corrected chi connectivity index (χ1v) is 6.49. The number of halogens is 2. The van der Waals surface area contributed by atoms with Crippen molar-refractivity contribution in [3.8, 4) is 11.1 Å². The number of fused-ring (bicyclic) bond motifs is 1. The Kier molecular flexibility index (Phi) is 2.76. The molecule has 0 saturated heterocycles. The van der Waals surface area contributed by atoms with Gasteiger partial charge >= 0.3 is 5.69 Å². The van der Waals surface area contributed by atoms with Gasteiger partial charge in [-0.25, -0.2) is 4.79 Å². The molecule has 0 radical (unpaired) electrons. The van der Waals surface area contributed by atoms with E-state index in [0.29, 0.717) is 5.02 Å². The third-order valence-electron chi connectivity index (χ3n) is 2.78. The molecule has 0 aliphatic rings. The van der Waals surface area contributed by atoms with Crippen LogP contribution in [0.25, 0.3) is 22.2 Å². The van der Waals surface area contributed by atoms with Crippen LogP contribution in [0.5, 0.6) is 0 Å². The van der Waals surface area contributed by atoms with Gasteiger partial charge in [-0.15, -0.1) is 0 Å². The number of hydrogen-bond donors (Lipinski definition) is 2. The summed E-state index contributed by atoms with van der Waals surface area (Å²) in [6, 6.07) is 11.5. The van der Waals surface area contributed by atoms with Crippen LogP contribution in [0.1, 0.15) is 0 Å². The molecule has 2 N–H and O–H groups in total. The van der Waals surface area contributed by atoms with E-state index in [1.807, 2.05) is 36.4 Å².